The summed E-state index contributed by atoms with van der Waals surface area (Å²) >= 11 is 0. The number of carboxylic acids is 1. The molecule has 3 aromatic carbocycles. The molecule has 0 unspecified atom stereocenters. The highest BCUT2D eigenvalue weighted by Crippen LogP contribution is 2.33. The van der Waals surface area contributed by atoms with Crippen molar-refractivity contribution in [2.24, 2.45) is 0 Å². The van der Waals surface area contributed by atoms with Gasteiger partial charge in [-0.25, -0.2) is 4.79 Å². The fourth-order valence-corrected chi connectivity index (χ4v) is 3.59. The number of carbonyl (C=O) groups is 2. The highest BCUT2D eigenvalue weighted by atomic mass is 16.5. The van der Waals surface area contributed by atoms with E-state index in [1.807, 2.05) is 31.2 Å². The molecule has 0 bridgehead atoms. The summed E-state index contributed by atoms with van der Waals surface area (Å²) in [6.07, 6.45) is 1.42. The van der Waals surface area contributed by atoms with Gasteiger partial charge in [0.1, 0.15) is 36.2 Å². The van der Waals surface area contributed by atoms with Crippen molar-refractivity contribution >= 4 is 22.5 Å². The molecule has 0 saturated heterocycles. The molecule has 0 fully saturated rings. The van der Waals surface area contributed by atoms with Gasteiger partial charge in [0.2, 0.25) is 0 Å². The summed E-state index contributed by atoms with van der Waals surface area (Å²) < 4.78 is 22.3. The summed E-state index contributed by atoms with van der Waals surface area (Å²) in [5.74, 6) is 0.468. The van der Waals surface area contributed by atoms with Gasteiger partial charge in [-0.2, -0.15) is 0 Å². The number of aromatic hydroxyl groups is 1. The molecule has 0 aromatic heterocycles. The van der Waals surface area contributed by atoms with Crippen molar-refractivity contribution in [1.29, 1.82) is 0 Å². The molecule has 186 valence electrons. The summed E-state index contributed by atoms with van der Waals surface area (Å²) in [7, 11) is 0. The minimum Gasteiger partial charge on any atom is -0.507 e. The van der Waals surface area contributed by atoms with E-state index in [0.717, 1.165) is 17.2 Å². The number of phenolic OH excluding ortho intramolecular Hbond substituents is 1. The average Bonchev–Trinajstić information content (AvgIpc) is 2.83. The molecule has 3 rings (SSSR count). The van der Waals surface area contributed by atoms with Crippen LogP contribution in [0.1, 0.15) is 36.2 Å². The van der Waals surface area contributed by atoms with Crippen molar-refractivity contribution < 1.29 is 38.7 Å². The molecule has 0 aliphatic heterocycles. The molecule has 0 spiro atoms. The molecule has 0 aliphatic rings. The van der Waals surface area contributed by atoms with Gasteiger partial charge in [-0.15, -0.1) is 0 Å². The topological polar surface area (TPSA) is 112 Å². The molecule has 8 nitrogen and oxygen atoms in total. The first-order chi connectivity index (χ1) is 16.9. The molecule has 0 aliphatic carbocycles. The number of hydrogen-bond acceptors (Lipinski definition) is 7. The Bertz CT molecular complexity index is 1170. The number of ketones is 1. The van der Waals surface area contributed by atoms with Gasteiger partial charge in [-0.1, -0.05) is 25.5 Å². The number of phenols is 1. The maximum atomic E-state index is 11.7. The summed E-state index contributed by atoms with van der Waals surface area (Å²) in [4.78, 5) is 22.3. The van der Waals surface area contributed by atoms with E-state index in [4.69, 9.17) is 24.1 Å². The number of carbonyl (C=O) groups excluding carboxylic acids is 1. The predicted octanol–water partition coefficient (Wildman–Crippen LogP) is 4.64. The second-order valence-electron chi connectivity index (χ2n) is 7.91. The number of Topliss-reactive ketones (excluding diaryl/α,β-unsaturated/α-hetero) is 1. The fraction of sp³-hybridized carbons (Fsp3) is 0.333. The van der Waals surface area contributed by atoms with Gasteiger partial charge in [-0.05, 0) is 60.5 Å². The van der Waals surface area contributed by atoms with Crippen molar-refractivity contribution in [3.8, 4) is 23.0 Å². The summed E-state index contributed by atoms with van der Waals surface area (Å²) in [6, 6.07) is 14.3. The predicted molar refractivity (Wildman–Crippen MR) is 131 cm³/mol. The lowest BCUT2D eigenvalue weighted by Crippen LogP contribution is -2.13. The first-order valence-electron chi connectivity index (χ1n) is 11.5. The van der Waals surface area contributed by atoms with E-state index in [1.54, 1.807) is 24.3 Å². The first kappa shape index (κ1) is 25.8. The molecule has 0 radical (unpaired) electrons. The van der Waals surface area contributed by atoms with E-state index in [2.05, 4.69) is 0 Å². The second-order valence-corrected chi connectivity index (χ2v) is 7.91. The number of hydrogen-bond donors (Lipinski definition) is 2. The minimum atomic E-state index is -1.03. The minimum absolute atomic E-state index is 0.0119. The van der Waals surface area contributed by atoms with Crippen LogP contribution in [0.15, 0.2) is 48.5 Å². The number of rotatable bonds is 14. The molecule has 0 atom stereocenters. The maximum absolute atomic E-state index is 11.7. The lowest BCUT2D eigenvalue weighted by molar-refractivity contribution is -0.139. The SMILES string of the molecule is CCCc1c(OCCOCCOc2ccc3ccc(OCC(=O)O)cc3c2)ccc(C(C)=O)c1O. The van der Waals surface area contributed by atoms with Gasteiger partial charge >= 0.3 is 5.97 Å². The van der Waals surface area contributed by atoms with E-state index in [-0.39, 0.29) is 11.5 Å². The van der Waals surface area contributed by atoms with Crippen LogP contribution in [0.3, 0.4) is 0 Å². The Morgan fingerprint density at radius 2 is 1.49 bits per heavy atom. The Morgan fingerprint density at radius 1 is 0.829 bits per heavy atom. The summed E-state index contributed by atoms with van der Waals surface area (Å²) in [5.41, 5.74) is 0.934. The Labute approximate surface area is 204 Å². The quantitative estimate of drug-likeness (QED) is 0.253. The van der Waals surface area contributed by atoms with Crippen LogP contribution in [0.25, 0.3) is 10.8 Å². The molecule has 0 amide bonds. The molecule has 8 heteroatoms. The highest BCUT2D eigenvalue weighted by molar-refractivity contribution is 5.97. The van der Waals surface area contributed by atoms with Crippen LogP contribution >= 0.6 is 0 Å². The number of ether oxygens (including phenoxy) is 4. The lowest BCUT2D eigenvalue weighted by Gasteiger charge is -2.15. The largest absolute Gasteiger partial charge is 0.507 e. The molecule has 3 aromatic rings. The monoisotopic (exact) mass is 482 g/mol. The molecular formula is C27H30O8. The van der Waals surface area contributed by atoms with Crippen LogP contribution in [-0.4, -0.2) is 55.0 Å². The average molecular weight is 483 g/mol. The Hall–Kier alpha value is -3.78. The standard InChI is InChI=1S/C27H30O8/c1-3-4-24-25(10-9-23(18(2)28)27(24)31)34-14-12-32-11-13-33-21-7-5-19-6-8-22(16-20(19)15-21)35-17-26(29)30/h5-10,15-16,31H,3-4,11-14,17H2,1-2H3,(H,29,30). The number of carboxylic acid groups (broad SMARTS) is 1. The van der Waals surface area contributed by atoms with Crippen molar-refractivity contribution in [2.75, 3.05) is 33.0 Å². The lowest BCUT2D eigenvalue weighted by atomic mass is 10.0. The van der Waals surface area contributed by atoms with Gasteiger partial charge in [0, 0.05) is 5.56 Å². The normalized spacial score (nSPS) is 10.8. The van der Waals surface area contributed by atoms with Gasteiger partial charge in [0.05, 0.1) is 18.8 Å². The van der Waals surface area contributed by atoms with Gasteiger partial charge in [0.15, 0.2) is 12.4 Å². The number of aliphatic carboxylic acids is 1. The third-order valence-electron chi connectivity index (χ3n) is 5.25. The van der Waals surface area contributed by atoms with Crippen LogP contribution in [0.2, 0.25) is 0 Å². The van der Waals surface area contributed by atoms with Crippen molar-refractivity contribution in [3.63, 3.8) is 0 Å². The van der Waals surface area contributed by atoms with E-state index < -0.39 is 12.6 Å². The van der Waals surface area contributed by atoms with Crippen LogP contribution < -0.4 is 14.2 Å². The van der Waals surface area contributed by atoms with E-state index in [1.165, 1.54) is 6.92 Å². The zero-order valence-electron chi connectivity index (χ0n) is 19.9. The van der Waals surface area contributed by atoms with Gasteiger partial charge in [-0.3, -0.25) is 4.79 Å². The van der Waals surface area contributed by atoms with Crippen molar-refractivity contribution in [1.82, 2.24) is 0 Å². The molecule has 35 heavy (non-hydrogen) atoms. The van der Waals surface area contributed by atoms with Crippen LogP contribution in [0.5, 0.6) is 23.0 Å². The smallest absolute Gasteiger partial charge is 0.341 e. The number of benzene rings is 3. The Morgan fingerprint density at radius 3 is 2.11 bits per heavy atom. The van der Waals surface area contributed by atoms with Crippen LogP contribution in [-0.2, 0) is 16.0 Å². The zero-order valence-corrected chi connectivity index (χ0v) is 19.9. The third kappa shape index (κ3) is 7.35. The van der Waals surface area contributed by atoms with Crippen LogP contribution in [0.4, 0.5) is 0 Å². The maximum Gasteiger partial charge on any atom is 0.341 e. The molecule has 0 heterocycles. The fourth-order valence-electron chi connectivity index (χ4n) is 3.59. The second kappa shape index (κ2) is 12.6. The van der Waals surface area contributed by atoms with Gasteiger partial charge < -0.3 is 29.2 Å². The zero-order chi connectivity index (χ0) is 25.2. The Kier molecular flexibility index (Phi) is 9.31. The van der Waals surface area contributed by atoms with Crippen LogP contribution in [0, 0.1) is 0 Å². The van der Waals surface area contributed by atoms with Crippen molar-refractivity contribution in [2.45, 2.75) is 26.7 Å². The number of fused-ring (bicyclic) bond motifs is 1. The summed E-state index contributed by atoms with van der Waals surface area (Å²) in [5, 5.41) is 21.0. The molecular weight excluding hydrogens is 452 g/mol. The van der Waals surface area contributed by atoms with Crippen molar-refractivity contribution in [3.05, 3.63) is 59.7 Å². The van der Waals surface area contributed by atoms with E-state index in [0.29, 0.717) is 61.2 Å². The molecule has 2 N–H and O–H groups in total. The molecule has 0 saturated carbocycles. The third-order valence-corrected chi connectivity index (χ3v) is 5.25. The Balaban J connectivity index is 1.44. The van der Waals surface area contributed by atoms with E-state index in [9.17, 15) is 14.7 Å². The van der Waals surface area contributed by atoms with Gasteiger partial charge in [0.25, 0.3) is 0 Å². The van der Waals surface area contributed by atoms with E-state index >= 15 is 0 Å². The summed E-state index contributed by atoms with van der Waals surface area (Å²) in [6.45, 7) is 4.36. The first-order valence-corrected chi connectivity index (χ1v) is 11.5. The highest BCUT2D eigenvalue weighted by Gasteiger charge is 2.15.